The Morgan fingerprint density at radius 1 is 0.900 bits per heavy atom. The normalized spacial score (nSPS) is 13.1. The van der Waals surface area contributed by atoms with Crippen molar-refractivity contribution >= 4 is 45.1 Å². The number of para-hydroxylation sites is 3. The lowest BCUT2D eigenvalue weighted by Crippen LogP contribution is -2.38. The van der Waals surface area contributed by atoms with Crippen LogP contribution in [0, 0.1) is 0 Å². The molecule has 0 radical (unpaired) electrons. The zero-order chi connectivity index (χ0) is 20.5. The third-order valence-electron chi connectivity index (χ3n) is 5.26. The predicted molar refractivity (Wildman–Crippen MR) is 116 cm³/mol. The van der Waals surface area contributed by atoms with Gasteiger partial charge in [0.1, 0.15) is 23.5 Å². The van der Waals surface area contributed by atoms with E-state index in [0.717, 1.165) is 27.6 Å². The van der Waals surface area contributed by atoms with E-state index in [2.05, 4.69) is 5.32 Å². The Bertz CT molecular complexity index is 1260. The largest absolute Gasteiger partial charge is 0.490 e. The number of anilines is 2. The predicted octanol–water partition coefficient (Wildman–Crippen LogP) is 4.73. The van der Waals surface area contributed by atoms with Crippen molar-refractivity contribution in [2.75, 3.05) is 23.4 Å². The first kappa shape index (κ1) is 18.2. The van der Waals surface area contributed by atoms with Gasteiger partial charge in [-0.3, -0.25) is 9.59 Å². The summed E-state index contributed by atoms with van der Waals surface area (Å²) in [6.45, 7) is 0.937. The summed E-state index contributed by atoms with van der Waals surface area (Å²) >= 11 is 0. The van der Waals surface area contributed by atoms with Gasteiger partial charge in [-0.1, -0.05) is 30.3 Å². The number of rotatable bonds is 4. The molecule has 0 atom stereocenters. The van der Waals surface area contributed by atoms with Crippen LogP contribution >= 0.6 is 0 Å². The Kier molecular flexibility index (Phi) is 4.59. The first-order valence-corrected chi connectivity index (χ1v) is 9.92. The van der Waals surface area contributed by atoms with Crippen molar-refractivity contribution in [3.63, 3.8) is 0 Å². The highest BCUT2D eigenvalue weighted by atomic mass is 16.5. The molecule has 5 rings (SSSR count). The number of amides is 2. The second kappa shape index (κ2) is 7.55. The summed E-state index contributed by atoms with van der Waals surface area (Å²) in [6, 6.07) is 20.9. The molecule has 30 heavy (non-hydrogen) atoms. The highest BCUT2D eigenvalue weighted by Gasteiger charge is 2.23. The Morgan fingerprint density at radius 3 is 2.63 bits per heavy atom. The van der Waals surface area contributed by atoms with E-state index in [4.69, 9.17) is 9.15 Å². The standard InChI is InChI=1S/C24H20N2O4/c27-23(11-12-24(28)26-13-14-29-21-8-4-2-6-19(21)26)25-16-9-10-18-17-5-1-3-7-20(17)30-22(18)15-16/h1-10,15H,11-14H2,(H,25,27). The summed E-state index contributed by atoms with van der Waals surface area (Å²) in [4.78, 5) is 26.8. The molecule has 0 aliphatic carbocycles. The summed E-state index contributed by atoms with van der Waals surface area (Å²) in [5.41, 5.74) is 2.93. The summed E-state index contributed by atoms with van der Waals surface area (Å²) in [5, 5.41) is 4.91. The molecule has 1 N–H and O–H groups in total. The Morgan fingerprint density at radius 2 is 1.70 bits per heavy atom. The number of ether oxygens (including phenoxy) is 1. The van der Waals surface area contributed by atoms with Crippen LogP contribution in [0.25, 0.3) is 21.9 Å². The lowest BCUT2D eigenvalue weighted by molar-refractivity contribution is -0.122. The molecule has 150 valence electrons. The number of carbonyl (C=O) groups is 2. The number of benzene rings is 3. The fourth-order valence-corrected chi connectivity index (χ4v) is 3.81. The third-order valence-corrected chi connectivity index (χ3v) is 5.26. The molecule has 3 aromatic carbocycles. The molecule has 1 aliphatic heterocycles. The van der Waals surface area contributed by atoms with Crippen LogP contribution in [-0.2, 0) is 9.59 Å². The zero-order valence-electron chi connectivity index (χ0n) is 16.3. The molecule has 0 fully saturated rings. The van der Waals surface area contributed by atoms with Crippen LogP contribution in [0.3, 0.4) is 0 Å². The Hall–Kier alpha value is -3.80. The van der Waals surface area contributed by atoms with Gasteiger partial charge in [-0.25, -0.2) is 0 Å². The molecule has 6 heteroatoms. The van der Waals surface area contributed by atoms with Gasteiger partial charge in [0, 0.05) is 35.4 Å². The minimum Gasteiger partial charge on any atom is -0.490 e. The molecule has 1 aromatic heterocycles. The molecule has 1 aliphatic rings. The Labute approximate surface area is 173 Å². The van der Waals surface area contributed by atoms with Crippen LogP contribution < -0.4 is 15.0 Å². The maximum absolute atomic E-state index is 12.7. The summed E-state index contributed by atoms with van der Waals surface area (Å²) in [5.74, 6) is 0.398. The van der Waals surface area contributed by atoms with Gasteiger partial charge in [0.25, 0.3) is 0 Å². The van der Waals surface area contributed by atoms with E-state index in [0.29, 0.717) is 24.6 Å². The smallest absolute Gasteiger partial charge is 0.227 e. The monoisotopic (exact) mass is 400 g/mol. The van der Waals surface area contributed by atoms with E-state index in [1.165, 1.54) is 0 Å². The molecule has 6 nitrogen and oxygen atoms in total. The highest BCUT2D eigenvalue weighted by Crippen LogP contribution is 2.32. The quantitative estimate of drug-likeness (QED) is 0.538. The number of hydrogen-bond acceptors (Lipinski definition) is 4. The first-order chi connectivity index (χ1) is 14.7. The molecule has 0 saturated heterocycles. The number of fused-ring (bicyclic) bond motifs is 4. The van der Waals surface area contributed by atoms with Crippen molar-refractivity contribution in [3.05, 3.63) is 66.7 Å². The van der Waals surface area contributed by atoms with E-state index in [-0.39, 0.29) is 24.7 Å². The van der Waals surface area contributed by atoms with Crippen LogP contribution in [0.2, 0.25) is 0 Å². The summed E-state index contributed by atoms with van der Waals surface area (Å²) in [7, 11) is 0. The minimum atomic E-state index is -0.208. The van der Waals surface area contributed by atoms with Crippen molar-refractivity contribution in [3.8, 4) is 5.75 Å². The SMILES string of the molecule is O=C(CCC(=O)N1CCOc2ccccc21)Nc1ccc2c(c1)oc1ccccc12. The topological polar surface area (TPSA) is 71.8 Å². The van der Waals surface area contributed by atoms with Gasteiger partial charge in [-0.05, 0) is 30.3 Å². The van der Waals surface area contributed by atoms with Crippen LogP contribution in [0.4, 0.5) is 11.4 Å². The van der Waals surface area contributed by atoms with E-state index < -0.39 is 0 Å². The second-order valence-corrected chi connectivity index (χ2v) is 7.22. The van der Waals surface area contributed by atoms with E-state index in [1.54, 1.807) is 4.90 Å². The van der Waals surface area contributed by atoms with Gasteiger partial charge >= 0.3 is 0 Å². The molecular formula is C24H20N2O4. The van der Waals surface area contributed by atoms with E-state index in [9.17, 15) is 9.59 Å². The van der Waals surface area contributed by atoms with Crippen LogP contribution in [-0.4, -0.2) is 25.0 Å². The Balaban J connectivity index is 1.24. The fraction of sp³-hybridized carbons (Fsp3) is 0.167. The van der Waals surface area contributed by atoms with E-state index >= 15 is 0 Å². The van der Waals surface area contributed by atoms with Crippen molar-refractivity contribution in [2.24, 2.45) is 0 Å². The zero-order valence-corrected chi connectivity index (χ0v) is 16.3. The fourth-order valence-electron chi connectivity index (χ4n) is 3.81. The number of nitrogens with one attached hydrogen (secondary N) is 1. The number of hydrogen-bond donors (Lipinski definition) is 1. The minimum absolute atomic E-state index is 0.0892. The van der Waals surface area contributed by atoms with Gasteiger partial charge in [0.05, 0.1) is 12.2 Å². The first-order valence-electron chi connectivity index (χ1n) is 9.92. The lowest BCUT2D eigenvalue weighted by Gasteiger charge is -2.29. The van der Waals surface area contributed by atoms with Gasteiger partial charge in [-0.2, -0.15) is 0 Å². The van der Waals surface area contributed by atoms with Gasteiger partial charge < -0.3 is 19.4 Å². The average molecular weight is 400 g/mol. The third kappa shape index (κ3) is 3.37. The van der Waals surface area contributed by atoms with Gasteiger partial charge in [0.15, 0.2) is 0 Å². The number of nitrogens with zero attached hydrogens (tertiary/aromatic N) is 1. The van der Waals surface area contributed by atoms with Crippen molar-refractivity contribution in [1.82, 2.24) is 0 Å². The number of furan rings is 1. The van der Waals surface area contributed by atoms with Gasteiger partial charge in [-0.15, -0.1) is 0 Å². The molecule has 2 amide bonds. The molecule has 0 saturated carbocycles. The summed E-state index contributed by atoms with van der Waals surface area (Å²) < 4.78 is 11.4. The summed E-state index contributed by atoms with van der Waals surface area (Å²) in [6.07, 6.45) is 0.240. The second-order valence-electron chi connectivity index (χ2n) is 7.22. The molecule has 2 heterocycles. The average Bonchev–Trinajstić information content (AvgIpc) is 3.15. The molecule has 0 spiro atoms. The molecule has 4 aromatic rings. The van der Waals surface area contributed by atoms with Crippen LogP contribution in [0.15, 0.2) is 71.1 Å². The van der Waals surface area contributed by atoms with Crippen LogP contribution in [0.5, 0.6) is 5.75 Å². The van der Waals surface area contributed by atoms with Gasteiger partial charge in [0.2, 0.25) is 11.8 Å². The maximum Gasteiger partial charge on any atom is 0.227 e. The molecule has 0 unspecified atom stereocenters. The van der Waals surface area contributed by atoms with E-state index in [1.807, 2.05) is 66.7 Å². The molecule has 0 bridgehead atoms. The number of carbonyl (C=O) groups excluding carboxylic acids is 2. The highest BCUT2D eigenvalue weighted by molar-refractivity contribution is 6.06. The van der Waals surface area contributed by atoms with Crippen molar-refractivity contribution in [2.45, 2.75) is 12.8 Å². The lowest BCUT2D eigenvalue weighted by atomic mass is 10.1. The molecular weight excluding hydrogens is 380 g/mol. The van der Waals surface area contributed by atoms with Crippen molar-refractivity contribution < 1.29 is 18.7 Å². The van der Waals surface area contributed by atoms with Crippen molar-refractivity contribution in [1.29, 1.82) is 0 Å². The maximum atomic E-state index is 12.7. The van der Waals surface area contributed by atoms with Crippen LogP contribution in [0.1, 0.15) is 12.8 Å².